The maximum atomic E-state index is 11.9. The molecule has 1 fully saturated rings. The Kier molecular flexibility index (Phi) is 2.52. The predicted octanol–water partition coefficient (Wildman–Crippen LogP) is 0.866. The summed E-state index contributed by atoms with van der Waals surface area (Å²) in [4.78, 5) is 4.11. The van der Waals surface area contributed by atoms with E-state index in [-0.39, 0.29) is 0 Å². The predicted molar refractivity (Wildman–Crippen MR) is 52.2 cm³/mol. The van der Waals surface area contributed by atoms with E-state index in [1.54, 1.807) is 18.3 Å². The zero-order chi connectivity index (χ0) is 10.0. The third kappa shape index (κ3) is 1.65. The standard InChI is InChI=1S/C9H12N2O2S/c12-14(13,11-6-1-2-7-11)9-4-3-5-10-8-9/h3-5,8H,1-2,6-7H2. The van der Waals surface area contributed by atoms with Gasteiger partial charge in [0.1, 0.15) is 4.90 Å². The summed E-state index contributed by atoms with van der Waals surface area (Å²) >= 11 is 0. The van der Waals surface area contributed by atoms with Crippen LogP contribution in [0.3, 0.4) is 0 Å². The van der Waals surface area contributed by atoms with E-state index in [0.29, 0.717) is 18.0 Å². The van der Waals surface area contributed by atoms with Crippen LogP contribution < -0.4 is 0 Å². The fraction of sp³-hybridized carbons (Fsp3) is 0.444. The van der Waals surface area contributed by atoms with E-state index in [9.17, 15) is 8.42 Å². The maximum absolute atomic E-state index is 11.9. The number of rotatable bonds is 2. The normalized spacial score (nSPS) is 18.6. The van der Waals surface area contributed by atoms with Gasteiger partial charge in [-0.3, -0.25) is 4.98 Å². The summed E-state index contributed by atoms with van der Waals surface area (Å²) in [6.07, 6.45) is 4.88. The summed E-state index contributed by atoms with van der Waals surface area (Å²) in [5.74, 6) is 0. The van der Waals surface area contributed by atoms with E-state index in [2.05, 4.69) is 4.98 Å². The Bertz CT molecular complexity index is 396. The third-order valence-corrected chi connectivity index (χ3v) is 4.22. The second kappa shape index (κ2) is 3.67. The molecule has 1 aliphatic heterocycles. The van der Waals surface area contributed by atoms with E-state index in [0.717, 1.165) is 12.8 Å². The first-order valence-corrected chi connectivity index (χ1v) is 6.05. The molecule has 4 nitrogen and oxygen atoms in total. The van der Waals surface area contributed by atoms with Crippen molar-refractivity contribution in [3.8, 4) is 0 Å². The zero-order valence-electron chi connectivity index (χ0n) is 7.76. The van der Waals surface area contributed by atoms with Crippen LogP contribution in [-0.2, 0) is 10.0 Å². The lowest BCUT2D eigenvalue weighted by Crippen LogP contribution is -2.27. The summed E-state index contributed by atoms with van der Waals surface area (Å²) < 4.78 is 25.4. The van der Waals surface area contributed by atoms with Crippen molar-refractivity contribution in [3.63, 3.8) is 0 Å². The molecule has 2 heterocycles. The number of sulfonamides is 1. The molecule has 1 aromatic heterocycles. The van der Waals surface area contributed by atoms with Crippen molar-refractivity contribution in [3.05, 3.63) is 24.5 Å². The molecule has 0 amide bonds. The molecular weight excluding hydrogens is 200 g/mol. The number of aromatic nitrogens is 1. The van der Waals surface area contributed by atoms with Gasteiger partial charge in [-0.25, -0.2) is 8.42 Å². The van der Waals surface area contributed by atoms with Gasteiger partial charge in [-0.1, -0.05) is 0 Å². The highest BCUT2D eigenvalue weighted by Crippen LogP contribution is 2.19. The highest BCUT2D eigenvalue weighted by molar-refractivity contribution is 7.89. The molecule has 0 unspecified atom stereocenters. The molecule has 0 N–H and O–H groups in total. The van der Waals surface area contributed by atoms with Crippen molar-refractivity contribution in [1.29, 1.82) is 0 Å². The quantitative estimate of drug-likeness (QED) is 0.730. The fourth-order valence-corrected chi connectivity index (χ4v) is 3.06. The molecule has 5 heteroatoms. The SMILES string of the molecule is O=S(=O)(c1cccnc1)N1CCCC1. The largest absolute Gasteiger partial charge is 0.263 e. The molecule has 0 atom stereocenters. The van der Waals surface area contributed by atoms with Gasteiger partial charge >= 0.3 is 0 Å². The van der Waals surface area contributed by atoms with Crippen LogP contribution in [0.5, 0.6) is 0 Å². The zero-order valence-corrected chi connectivity index (χ0v) is 8.57. The van der Waals surface area contributed by atoms with Crippen molar-refractivity contribution in [1.82, 2.24) is 9.29 Å². The van der Waals surface area contributed by atoms with Gasteiger partial charge in [0.2, 0.25) is 10.0 Å². The first kappa shape index (κ1) is 9.61. The van der Waals surface area contributed by atoms with Crippen molar-refractivity contribution in [2.75, 3.05) is 13.1 Å². The van der Waals surface area contributed by atoms with Crippen LogP contribution in [-0.4, -0.2) is 30.8 Å². The molecular formula is C9H12N2O2S. The van der Waals surface area contributed by atoms with Gasteiger partial charge in [0.15, 0.2) is 0 Å². The van der Waals surface area contributed by atoms with Crippen LogP contribution in [0.25, 0.3) is 0 Å². The van der Waals surface area contributed by atoms with Crippen molar-refractivity contribution in [2.45, 2.75) is 17.7 Å². The van der Waals surface area contributed by atoms with Gasteiger partial charge in [-0.05, 0) is 25.0 Å². The van der Waals surface area contributed by atoms with Crippen LogP contribution in [0.2, 0.25) is 0 Å². The summed E-state index contributed by atoms with van der Waals surface area (Å²) in [7, 11) is -3.27. The van der Waals surface area contributed by atoms with Crippen molar-refractivity contribution >= 4 is 10.0 Å². The molecule has 0 saturated carbocycles. The molecule has 14 heavy (non-hydrogen) atoms. The fourth-order valence-electron chi connectivity index (χ4n) is 1.58. The Balaban J connectivity index is 2.33. The lowest BCUT2D eigenvalue weighted by atomic mass is 10.4. The molecule has 0 aromatic carbocycles. The van der Waals surface area contributed by atoms with Crippen LogP contribution in [0.1, 0.15) is 12.8 Å². The first-order valence-electron chi connectivity index (χ1n) is 4.61. The van der Waals surface area contributed by atoms with E-state index in [1.807, 2.05) is 0 Å². The summed E-state index contributed by atoms with van der Waals surface area (Å²) in [6, 6.07) is 3.23. The van der Waals surface area contributed by atoms with Crippen molar-refractivity contribution in [2.24, 2.45) is 0 Å². The average molecular weight is 212 g/mol. The summed E-state index contributed by atoms with van der Waals surface area (Å²) in [5, 5.41) is 0. The molecule has 1 aromatic rings. The number of hydrogen-bond donors (Lipinski definition) is 0. The molecule has 0 aliphatic carbocycles. The minimum absolute atomic E-state index is 0.293. The molecule has 76 valence electrons. The van der Waals surface area contributed by atoms with E-state index >= 15 is 0 Å². The molecule has 0 spiro atoms. The van der Waals surface area contributed by atoms with Gasteiger partial charge in [-0.2, -0.15) is 4.31 Å². The topological polar surface area (TPSA) is 50.3 Å². The van der Waals surface area contributed by atoms with E-state index in [4.69, 9.17) is 0 Å². The molecule has 1 aliphatic rings. The second-order valence-corrected chi connectivity index (χ2v) is 5.24. The first-order chi connectivity index (χ1) is 6.71. The van der Waals surface area contributed by atoms with Gasteiger partial charge in [0.25, 0.3) is 0 Å². The Hall–Kier alpha value is -0.940. The van der Waals surface area contributed by atoms with Crippen LogP contribution in [0, 0.1) is 0 Å². The van der Waals surface area contributed by atoms with Crippen LogP contribution in [0.4, 0.5) is 0 Å². The Morgan fingerprint density at radius 1 is 1.29 bits per heavy atom. The van der Waals surface area contributed by atoms with Crippen LogP contribution >= 0.6 is 0 Å². The number of pyridine rings is 1. The lowest BCUT2D eigenvalue weighted by molar-refractivity contribution is 0.477. The highest BCUT2D eigenvalue weighted by Gasteiger charge is 2.26. The number of hydrogen-bond acceptors (Lipinski definition) is 3. The lowest BCUT2D eigenvalue weighted by Gasteiger charge is -2.14. The smallest absolute Gasteiger partial charge is 0.244 e. The Morgan fingerprint density at radius 2 is 2.00 bits per heavy atom. The van der Waals surface area contributed by atoms with Crippen LogP contribution in [0.15, 0.2) is 29.4 Å². The minimum atomic E-state index is -3.27. The number of nitrogens with zero attached hydrogens (tertiary/aromatic N) is 2. The Morgan fingerprint density at radius 3 is 2.57 bits per heavy atom. The maximum Gasteiger partial charge on any atom is 0.244 e. The average Bonchev–Trinajstić information content (AvgIpc) is 2.72. The second-order valence-electron chi connectivity index (χ2n) is 3.30. The molecule has 2 rings (SSSR count). The van der Waals surface area contributed by atoms with Gasteiger partial charge < -0.3 is 0 Å². The monoisotopic (exact) mass is 212 g/mol. The van der Waals surface area contributed by atoms with Gasteiger partial charge in [0, 0.05) is 25.5 Å². The minimum Gasteiger partial charge on any atom is -0.263 e. The van der Waals surface area contributed by atoms with Gasteiger partial charge in [-0.15, -0.1) is 0 Å². The molecule has 0 radical (unpaired) electrons. The van der Waals surface area contributed by atoms with Crippen molar-refractivity contribution < 1.29 is 8.42 Å². The highest BCUT2D eigenvalue weighted by atomic mass is 32.2. The Labute approximate surface area is 83.6 Å². The van der Waals surface area contributed by atoms with E-state index in [1.165, 1.54) is 10.5 Å². The molecule has 1 saturated heterocycles. The summed E-state index contributed by atoms with van der Waals surface area (Å²) in [5.41, 5.74) is 0. The van der Waals surface area contributed by atoms with E-state index < -0.39 is 10.0 Å². The third-order valence-electron chi connectivity index (χ3n) is 2.34. The van der Waals surface area contributed by atoms with Gasteiger partial charge in [0.05, 0.1) is 0 Å². The molecule has 0 bridgehead atoms. The summed E-state index contributed by atoms with van der Waals surface area (Å²) in [6.45, 7) is 1.27.